The van der Waals surface area contributed by atoms with Gasteiger partial charge in [0, 0.05) is 60.9 Å². The third-order valence-electron chi connectivity index (χ3n) is 1.23. The van der Waals surface area contributed by atoms with Gasteiger partial charge in [-0.25, -0.2) is 14.4 Å². The Kier molecular flexibility index (Phi) is 91.6. The fourth-order valence-electron chi connectivity index (χ4n) is 0.354. The van der Waals surface area contributed by atoms with Gasteiger partial charge in [-0.2, -0.15) is 0 Å². The van der Waals surface area contributed by atoms with Gasteiger partial charge in [-0.3, -0.25) is 0 Å². The van der Waals surface area contributed by atoms with Crippen molar-refractivity contribution in [2.24, 2.45) is 0 Å². The second-order valence-corrected chi connectivity index (χ2v) is 4.42. The summed E-state index contributed by atoms with van der Waals surface area (Å²) >= 11 is 0. The van der Waals surface area contributed by atoms with E-state index in [1.165, 1.54) is 6.42 Å². The normalized spacial score (nSPS) is 7.27. The zero-order valence-electron chi connectivity index (χ0n) is 21.2. The molecule has 0 aromatic heterocycles. The SMILES string of the molecule is C=CC(=O)O.C=CC(=O)O.C=CC(=O)O.CCC.COCOC.COCOC.COCOC. The zero-order chi connectivity index (χ0) is 27.9. The average molecular weight is 489 g/mol. The molecule has 0 fully saturated rings. The zero-order valence-corrected chi connectivity index (χ0v) is 21.2. The molecule has 0 saturated carbocycles. The van der Waals surface area contributed by atoms with E-state index in [4.69, 9.17) is 15.3 Å². The highest BCUT2D eigenvalue weighted by molar-refractivity contribution is 5.79. The molecule has 0 rings (SSSR count). The van der Waals surface area contributed by atoms with Crippen LogP contribution in [-0.4, -0.2) is 96.3 Å². The van der Waals surface area contributed by atoms with Crippen LogP contribution >= 0.6 is 0 Å². The van der Waals surface area contributed by atoms with E-state index in [1.54, 1.807) is 42.7 Å². The van der Waals surface area contributed by atoms with E-state index >= 15 is 0 Å². The molecule has 0 radical (unpaired) electrons. The topological polar surface area (TPSA) is 167 Å². The Labute approximate surface area is 198 Å². The third kappa shape index (κ3) is 250. The third-order valence-corrected chi connectivity index (χ3v) is 1.23. The quantitative estimate of drug-likeness (QED) is 0.321. The van der Waals surface area contributed by atoms with E-state index in [9.17, 15) is 14.4 Å². The number of methoxy groups -OCH3 is 6. The van der Waals surface area contributed by atoms with Crippen molar-refractivity contribution in [3.63, 3.8) is 0 Å². The van der Waals surface area contributed by atoms with Crippen LogP contribution in [0.2, 0.25) is 0 Å². The van der Waals surface area contributed by atoms with E-state index in [0.717, 1.165) is 18.2 Å². The van der Waals surface area contributed by atoms with Gasteiger partial charge in [-0.15, -0.1) is 0 Å². The van der Waals surface area contributed by atoms with E-state index < -0.39 is 17.9 Å². The van der Waals surface area contributed by atoms with Crippen molar-refractivity contribution in [1.29, 1.82) is 0 Å². The van der Waals surface area contributed by atoms with Crippen LogP contribution in [0.25, 0.3) is 0 Å². The van der Waals surface area contributed by atoms with Crippen LogP contribution in [0.15, 0.2) is 38.0 Å². The molecule has 0 aromatic rings. The summed E-state index contributed by atoms with van der Waals surface area (Å²) in [6, 6.07) is 0. The first-order valence-corrected chi connectivity index (χ1v) is 8.97. The van der Waals surface area contributed by atoms with Crippen LogP contribution in [0.1, 0.15) is 20.3 Å². The molecule has 0 heterocycles. The minimum atomic E-state index is -0.981. The summed E-state index contributed by atoms with van der Waals surface area (Å²) in [5.74, 6) is -2.94. The Balaban J connectivity index is -0.0000000480. The number of carbonyl (C=O) groups is 3. The van der Waals surface area contributed by atoms with Crippen LogP contribution < -0.4 is 0 Å². The van der Waals surface area contributed by atoms with Gasteiger partial charge in [-0.05, 0) is 0 Å². The van der Waals surface area contributed by atoms with Crippen molar-refractivity contribution in [1.82, 2.24) is 0 Å². The van der Waals surface area contributed by atoms with Crippen LogP contribution in [-0.2, 0) is 42.8 Å². The molecule has 0 unspecified atom stereocenters. The first-order chi connectivity index (χ1) is 15.5. The molecule has 0 aliphatic heterocycles. The van der Waals surface area contributed by atoms with Gasteiger partial charge in [0.1, 0.15) is 20.4 Å². The Bertz CT molecular complexity index is 336. The van der Waals surface area contributed by atoms with Crippen LogP contribution in [0, 0.1) is 0 Å². The summed E-state index contributed by atoms with van der Waals surface area (Å²) < 4.78 is 26.8. The molecule has 33 heavy (non-hydrogen) atoms. The number of ether oxygens (including phenoxy) is 6. The largest absolute Gasteiger partial charge is 0.478 e. The summed E-state index contributed by atoms with van der Waals surface area (Å²) in [5.41, 5.74) is 0. The van der Waals surface area contributed by atoms with Gasteiger partial charge in [0.2, 0.25) is 0 Å². The number of hydrogen-bond acceptors (Lipinski definition) is 9. The maximum Gasteiger partial charge on any atom is 0.327 e. The smallest absolute Gasteiger partial charge is 0.327 e. The second-order valence-electron chi connectivity index (χ2n) is 4.42. The highest BCUT2D eigenvalue weighted by Gasteiger charge is 1.74. The van der Waals surface area contributed by atoms with E-state index in [2.05, 4.69) is 62.0 Å². The minimum Gasteiger partial charge on any atom is -0.478 e. The molecule has 0 bridgehead atoms. The van der Waals surface area contributed by atoms with Crippen molar-refractivity contribution in [3.8, 4) is 0 Å². The predicted molar refractivity (Wildman–Crippen MR) is 126 cm³/mol. The minimum absolute atomic E-state index is 0.389. The summed E-state index contributed by atoms with van der Waals surface area (Å²) in [4.78, 5) is 27.8. The summed E-state index contributed by atoms with van der Waals surface area (Å²) in [5, 5.41) is 22.8. The fourth-order valence-corrected chi connectivity index (χ4v) is 0.354. The lowest BCUT2D eigenvalue weighted by atomic mass is 10.6. The van der Waals surface area contributed by atoms with Gasteiger partial charge in [0.25, 0.3) is 0 Å². The molecular formula is C21H44O12. The summed E-state index contributed by atoms with van der Waals surface area (Å²) in [7, 11) is 9.52. The van der Waals surface area contributed by atoms with Crippen molar-refractivity contribution < 1.29 is 58.1 Å². The first kappa shape index (κ1) is 48.0. The predicted octanol–water partition coefficient (Wildman–Crippen LogP) is 2.90. The Morgan fingerprint density at radius 2 is 0.636 bits per heavy atom. The number of carboxylic acids is 3. The molecule has 12 heteroatoms. The Hall–Kier alpha value is -2.61. The Morgan fingerprint density at radius 1 is 0.545 bits per heavy atom. The van der Waals surface area contributed by atoms with Crippen molar-refractivity contribution >= 4 is 17.9 Å². The highest BCUT2D eigenvalue weighted by atomic mass is 16.7. The highest BCUT2D eigenvalue weighted by Crippen LogP contribution is 1.61. The monoisotopic (exact) mass is 488 g/mol. The van der Waals surface area contributed by atoms with Gasteiger partial charge in [0.05, 0.1) is 0 Å². The number of hydrogen-bond donors (Lipinski definition) is 3. The second kappa shape index (κ2) is 63.0. The molecule has 0 spiro atoms. The van der Waals surface area contributed by atoms with Gasteiger partial charge >= 0.3 is 17.9 Å². The van der Waals surface area contributed by atoms with Crippen LogP contribution in [0.3, 0.4) is 0 Å². The maximum atomic E-state index is 9.25. The lowest BCUT2D eigenvalue weighted by Crippen LogP contribution is -1.87. The molecule has 0 aliphatic rings. The van der Waals surface area contributed by atoms with Gasteiger partial charge in [0.15, 0.2) is 0 Å². The molecule has 200 valence electrons. The molecule has 0 aromatic carbocycles. The number of rotatable bonds is 9. The Morgan fingerprint density at radius 3 is 0.636 bits per heavy atom. The molecule has 3 N–H and O–H groups in total. The number of aliphatic carboxylic acids is 3. The molecule has 0 saturated heterocycles. The van der Waals surface area contributed by atoms with Crippen molar-refractivity contribution in [2.45, 2.75) is 20.3 Å². The summed E-state index contributed by atoms with van der Waals surface area (Å²) in [6.07, 6.45) is 3.75. The summed E-state index contributed by atoms with van der Waals surface area (Å²) in [6.45, 7) is 14.3. The fraction of sp³-hybridized carbons (Fsp3) is 0.571. The van der Waals surface area contributed by atoms with E-state index in [0.29, 0.717) is 20.4 Å². The van der Waals surface area contributed by atoms with E-state index in [-0.39, 0.29) is 0 Å². The number of carboxylic acid groups (broad SMARTS) is 3. The molecule has 0 amide bonds. The van der Waals surface area contributed by atoms with Crippen molar-refractivity contribution in [2.75, 3.05) is 63.0 Å². The van der Waals surface area contributed by atoms with Crippen molar-refractivity contribution in [3.05, 3.63) is 38.0 Å². The maximum absolute atomic E-state index is 9.25. The average Bonchev–Trinajstić information content (AvgIpc) is 2.78. The lowest BCUT2D eigenvalue weighted by Gasteiger charge is -1.87. The van der Waals surface area contributed by atoms with Gasteiger partial charge in [-0.1, -0.05) is 40.0 Å². The molecule has 12 nitrogen and oxygen atoms in total. The molecular weight excluding hydrogens is 444 g/mol. The lowest BCUT2D eigenvalue weighted by molar-refractivity contribution is -0.132. The van der Waals surface area contributed by atoms with Crippen LogP contribution in [0.5, 0.6) is 0 Å². The first-order valence-electron chi connectivity index (χ1n) is 8.97. The molecule has 0 atom stereocenters. The molecule has 0 aliphatic carbocycles. The standard InChI is InChI=1S/3C3H8O2.3C3H4O2.C3H8/c3*1-4-3-5-2;3*1-2-3(4)5;1-3-2/h3*3H2,1-2H3;3*2H,1H2,(H,4,5);3H2,1-2H3. The van der Waals surface area contributed by atoms with Crippen LogP contribution in [0.4, 0.5) is 0 Å². The van der Waals surface area contributed by atoms with Gasteiger partial charge < -0.3 is 43.7 Å². The van der Waals surface area contributed by atoms with E-state index in [1.807, 2.05) is 0 Å².